The van der Waals surface area contributed by atoms with Crippen LogP contribution >= 0.6 is 0 Å². The normalized spacial score (nSPS) is 14.3. The molecule has 0 spiro atoms. The number of nitrogens with one attached hydrogen (secondary N) is 1. The van der Waals surface area contributed by atoms with E-state index in [4.69, 9.17) is 4.74 Å². The van der Waals surface area contributed by atoms with E-state index in [1.165, 1.54) is 48.4 Å². The first-order valence-corrected chi connectivity index (χ1v) is 15.1. The van der Waals surface area contributed by atoms with E-state index in [9.17, 15) is 22.4 Å². The second-order valence-corrected chi connectivity index (χ2v) is 12.2. The van der Waals surface area contributed by atoms with E-state index in [0.29, 0.717) is 5.56 Å². The van der Waals surface area contributed by atoms with E-state index in [1.807, 2.05) is 6.92 Å². The van der Waals surface area contributed by atoms with Gasteiger partial charge in [0.05, 0.1) is 17.7 Å². The molecule has 8 nitrogen and oxygen atoms in total. The number of hydrogen-bond acceptors (Lipinski definition) is 5. The number of amides is 2. The Labute approximate surface area is 241 Å². The molecule has 0 aromatic heterocycles. The molecule has 218 valence electrons. The van der Waals surface area contributed by atoms with Crippen LogP contribution < -0.4 is 14.4 Å². The number of halogens is 1. The van der Waals surface area contributed by atoms with Gasteiger partial charge in [-0.15, -0.1) is 0 Å². The molecule has 0 heterocycles. The van der Waals surface area contributed by atoms with Gasteiger partial charge in [0.2, 0.25) is 11.8 Å². The molecule has 1 fully saturated rings. The average molecular weight is 582 g/mol. The van der Waals surface area contributed by atoms with Gasteiger partial charge in [-0.1, -0.05) is 54.8 Å². The second-order valence-electron chi connectivity index (χ2n) is 10.3. The van der Waals surface area contributed by atoms with Crippen molar-refractivity contribution in [3.63, 3.8) is 0 Å². The molecular weight excluding hydrogens is 545 g/mol. The minimum absolute atomic E-state index is 0.0112. The van der Waals surface area contributed by atoms with Gasteiger partial charge in [-0.25, -0.2) is 12.8 Å². The summed E-state index contributed by atoms with van der Waals surface area (Å²) < 4.78 is 48.0. The number of carbonyl (C=O) groups excluding carboxylic acids is 2. The molecule has 1 atom stereocenters. The number of para-hydroxylation sites is 2. The summed E-state index contributed by atoms with van der Waals surface area (Å²) >= 11 is 0. The second kappa shape index (κ2) is 13.2. The smallest absolute Gasteiger partial charge is 0.264 e. The quantitative estimate of drug-likeness (QED) is 0.351. The molecular formula is C31H36FN3O5S. The molecule has 0 saturated heterocycles. The number of methoxy groups -OCH3 is 1. The number of carbonyl (C=O) groups is 2. The van der Waals surface area contributed by atoms with Crippen LogP contribution in [0.2, 0.25) is 0 Å². The Kier molecular flexibility index (Phi) is 9.65. The highest BCUT2D eigenvalue weighted by Crippen LogP contribution is 2.32. The number of rotatable bonds is 11. The van der Waals surface area contributed by atoms with E-state index in [0.717, 1.165) is 35.6 Å². The van der Waals surface area contributed by atoms with E-state index in [1.54, 1.807) is 43.3 Å². The number of hydrogen-bond donors (Lipinski definition) is 1. The molecule has 0 radical (unpaired) electrons. The highest BCUT2D eigenvalue weighted by atomic mass is 32.2. The van der Waals surface area contributed by atoms with Crippen LogP contribution in [-0.4, -0.2) is 50.9 Å². The van der Waals surface area contributed by atoms with Crippen LogP contribution in [0.1, 0.15) is 43.7 Å². The lowest BCUT2D eigenvalue weighted by Gasteiger charge is -2.32. The van der Waals surface area contributed by atoms with Crippen molar-refractivity contribution >= 4 is 27.5 Å². The predicted molar refractivity (Wildman–Crippen MR) is 156 cm³/mol. The Morgan fingerprint density at radius 1 is 1.00 bits per heavy atom. The maximum absolute atomic E-state index is 14.0. The minimum atomic E-state index is -4.22. The van der Waals surface area contributed by atoms with Crippen molar-refractivity contribution in [1.29, 1.82) is 0 Å². The van der Waals surface area contributed by atoms with Crippen LogP contribution in [0.3, 0.4) is 0 Å². The van der Waals surface area contributed by atoms with E-state index >= 15 is 0 Å². The highest BCUT2D eigenvalue weighted by Gasteiger charge is 2.34. The van der Waals surface area contributed by atoms with Crippen LogP contribution in [0, 0.1) is 12.7 Å². The summed E-state index contributed by atoms with van der Waals surface area (Å²) in [6.45, 7) is 2.87. The van der Waals surface area contributed by atoms with Gasteiger partial charge in [0, 0.05) is 12.6 Å². The van der Waals surface area contributed by atoms with Crippen molar-refractivity contribution in [2.45, 2.75) is 63.1 Å². The first kappa shape index (κ1) is 30.0. The summed E-state index contributed by atoms with van der Waals surface area (Å²) in [5.41, 5.74) is 1.68. The van der Waals surface area contributed by atoms with Crippen LogP contribution in [0.15, 0.2) is 77.7 Å². The first-order valence-electron chi connectivity index (χ1n) is 13.7. The Morgan fingerprint density at radius 2 is 1.63 bits per heavy atom. The maximum atomic E-state index is 14.0. The first-order chi connectivity index (χ1) is 19.6. The van der Waals surface area contributed by atoms with Gasteiger partial charge in [-0.3, -0.25) is 13.9 Å². The lowest BCUT2D eigenvalue weighted by molar-refractivity contribution is -0.139. The molecule has 1 saturated carbocycles. The number of nitrogens with zero attached hydrogens (tertiary/aromatic N) is 2. The Balaban J connectivity index is 1.71. The minimum Gasteiger partial charge on any atom is -0.495 e. The van der Waals surface area contributed by atoms with Gasteiger partial charge in [0.15, 0.2) is 0 Å². The SMILES string of the molecule is COc1ccccc1N(CC(=O)N(Cc1ccc(F)cc1)[C@@H](C)C(=O)NC1CCCC1)S(=O)(=O)c1ccc(C)cc1. The summed E-state index contributed by atoms with van der Waals surface area (Å²) in [6.07, 6.45) is 3.81. The summed E-state index contributed by atoms with van der Waals surface area (Å²) in [4.78, 5) is 28.7. The average Bonchev–Trinajstić information content (AvgIpc) is 3.48. The van der Waals surface area contributed by atoms with Gasteiger partial charge in [-0.05, 0) is 68.7 Å². The molecule has 3 aromatic rings. The molecule has 2 amide bonds. The van der Waals surface area contributed by atoms with Crippen LogP contribution in [0.5, 0.6) is 5.75 Å². The molecule has 41 heavy (non-hydrogen) atoms. The van der Waals surface area contributed by atoms with Gasteiger partial charge in [0.1, 0.15) is 24.2 Å². The van der Waals surface area contributed by atoms with Gasteiger partial charge in [-0.2, -0.15) is 0 Å². The third-order valence-electron chi connectivity index (χ3n) is 7.38. The molecule has 10 heteroatoms. The number of sulfonamides is 1. The van der Waals surface area contributed by atoms with Crippen molar-refractivity contribution in [1.82, 2.24) is 10.2 Å². The van der Waals surface area contributed by atoms with Gasteiger partial charge < -0.3 is 15.0 Å². The van der Waals surface area contributed by atoms with Crippen molar-refractivity contribution in [3.05, 3.63) is 89.7 Å². The monoisotopic (exact) mass is 581 g/mol. The third kappa shape index (κ3) is 7.24. The zero-order chi connectivity index (χ0) is 29.6. The highest BCUT2D eigenvalue weighted by molar-refractivity contribution is 7.92. The maximum Gasteiger partial charge on any atom is 0.264 e. The Hall–Kier alpha value is -3.92. The number of aryl methyl sites for hydroxylation is 1. The topological polar surface area (TPSA) is 96.0 Å². The number of benzene rings is 3. The Morgan fingerprint density at radius 3 is 2.27 bits per heavy atom. The summed E-state index contributed by atoms with van der Waals surface area (Å²) in [7, 11) is -2.80. The van der Waals surface area contributed by atoms with Gasteiger partial charge >= 0.3 is 0 Å². The largest absolute Gasteiger partial charge is 0.495 e. The zero-order valence-corrected chi connectivity index (χ0v) is 24.4. The van der Waals surface area contributed by atoms with E-state index in [2.05, 4.69) is 5.32 Å². The predicted octanol–water partition coefficient (Wildman–Crippen LogP) is 4.81. The number of anilines is 1. The summed E-state index contributed by atoms with van der Waals surface area (Å²) in [5, 5.41) is 3.03. The fourth-order valence-corrected chi connectivity index (χ4v) is 6.37. The summed E-state index contributed by atoms with van der Waals surface area (Å²) in [6, 6.07) is 17.7. The molecule has 0 unspecified atom stereocenters. The fraction of sp³-hybridized carbons (Fsp3) is 0.355. The molecule has 0 bridgehead atoms. The van der Waals surface area contributed by atoms with Crippen molar-refractivity contribution in [3.8, 4) is 5.75 Å². The lowest BCUT2D eigenvalue weighted by Crippen LogP contribution is -2.52. The van der Waals surface area contributed by atoms with Crippen molar-refractivity contribution in [2.75, 3.05) is 18.0 Å². The molecule has 1 aliphatic carbocycles. The molecule has 1 N–H and O–H groups in total. The standard InChI is InChI=1S/C31H36FN3O5S/c1-22-12-18-27(19-13-22)41(38,39)35(28-10-6-7-11-29(28)40-3)21-30(36)34(20-24-14-16-25(32)17-15-24)23(2)31(37)33-26-8-4-5-9-26/h6-7,10-19,23,26H,4-5,8-9,20-21H2,1-3H3,(H,33,37)/t23-/m0/s1. The van der Waals surface area contributed by atoms with Gasteiger partial charge in [0.25, 0.3) is 10.0 Å². The zero-order valence-electron chi connectivity index (χ0n) is 23.5. The van der Waals surface area contributed by atoms with E-state index < -0.39 is 34.3 Å². The van der Waals surface area contributed by atoms with Crippen LogP contribution in [-0.2, 0) is 26.2 Å². The van der Waals surface area contributed by atoms with Crippen LogP contribution in [0.4, 0.5) is 10.1 Å². The molecule has 3 aromatic carbocycles. The number of ether oxygens (including phenoxy) is 1. The molecule has 0 aliphatic heterocycles. The van der Waals surface area contributed by atoms with E-state index in [-0.39, 0.29) is 34.8 Å². The fourth-order valence-electron chi connectivity index (χ4n) is 4.95. The van der Waals surface area contributed by atoms with Crippen molar-refractivity contribution < 1.29 is 27.1 Å². The van der Waals surface area contributed by atoms with Crippen LogP contribution in [0.25, 0.3) is 0 Å². The summed E-state index contributed by atoms with van der Waals surface area (Å²) in [5.74, 6) is -1.07. The Bertz CT molecular complexity index is 1460. The lowest BCUT2D eigenvalue weighted by atomic mass is 10.1. The molecule has 4 rings (SSSR count). The third-order valence-corrected chi connectivity index (χ3v) is 9.15. The van der Waals surface area contributed by atoms with Crippen molar-refractivity contribution in [2.24, 2.45) is 0 Å². The molecule has 1 aliphatic rings.